The Morgan fingerprint density at radius 3 is 1.81 bits per heavy atom. The van der Waals surface area contributed by atoms with Crippen LogP contribution in [0, 0.1) is 35.5 Å². The van der Waals surface area contributed by atoms with Crippen molar-refractivity contribution in [2.75, 3.05) is 0 Å². The SMILES string of the molecule is CC(C)(C)C.CC1CCC1.CCCC.CCCC(CCCCC(=O)c1cnc(/C=C(\C)C(C)(C)C)c(C)n1)CC1CCC1. The van der Waals surface area contributed by atoms with Crippen molar-refractivity contribution in [1.29, 1.82) is 0 Å². The van der Waals surface area contributed by atoms with Crippen LogP contribution in [-0.2, 0) is 0 Å². The maximum absolute atomic E-state index is 12.6. The molecule has 1 unspecified atom stereocenters. The molecule has 0 aromatic carbocycles. The smallest absolute Gasteiger partial charge is 0.182 e. The van der Waals surface area contributed by atoms with Gasteiger partial charge >= 0.3 is 0 Å². The number of nitrogens with zero attached hydrogens (tertiary/aromatic N) is 2. The van der Waals surface area contributed by atoms with E-state index >= 15 is 0 Å². The summed E-state index contributed by atoms with van der Waals surface area (Å²) in [7, 11) is 0. The molecule has 250 valence electrons. The van der Waals surface area contributed by atoms with Crippen LogP contribution in [0.3, 0.4) is 0 Å². The van der Waals surface area contributed by atoms with Crippen molar-refractivity contribution in [3.63, 3.8) is 0 Å². The predicted molar refractivity (Wildman–Crippen MR) is 192 cm³/mol. The first-order chi connectivity index (χ1) is 20.0. The molecule has 0 spiro atoms. The summed E-state index contributed by atoms with van der Waals surface area (Å²) in [5.41, 5.74) is 4.09. The van der Waals surface area contributed by atoms with Crippen molar-refractivity contribution in [2.24, 2.45) is 28.6 Å². The first kappa shape index (κ1) is 41.5. The highest BCUT2D eigenvalue weighted by Crippen LogP contribution is 2.35. The molecule has 0 aliphatic heterocycles. The van der Waals surface area contributed by atoms with Crippen LogP contribution in [0.5, 0.6) is 0 Å². The average Bonchev–Trinajstić information content (AvgIpc) is 2.87. The van der Waals surface area contributed by atoms with E-state index in [2.05, 4.69) is 99.1 Å². The number of allylic oxidation sites excluding steroid dienone is 1. The summed E-state index contributed by atoms with van der Waals surface area (Å²) in [5.74, 6) is 3.05. The summed E-state index contributed by atoms with van der Waals surface area (Å²) in [6, 6.07) is 0. The molecule has 2 saturated carbocycles. The van der Waals surface area contributed by atoms with Crippen molar-refractivity contribution in [2.45, 2.75) is 186 Å². The lowest BCUT2D eigenvalue weighted by molar-refractivity contribution is 0.0972. The van der Waals surface area contributed by atoms with Gasteiger partial charge in [-0.3, -0.25) is 9.78 Å². The van der Waals surface area contributed by atoms with Gasteiger partial charge in [0, 0.05) is 6.42 Å². The van der Waals surface area contributed by atoms with E-state index in [1.165, 1.54) is 82.6 Å². The van der Waals surface area contributed by atoms with Crippen LogP contribution in [0.25, 0.3) is 6.08 Å². The van der Waals surface area contributed by atoms with Gasteiger partial charge in [-0.25, -0.2) is 4.98 Å². The Balaban J connectivity index is 0.00000103. The van der Waals surface area contributed by atoms with Gasteiger partial charge in [-0.2, -0.15) is 0 Å². The number of unbranched alkanes of at least 4 members (excludes halogenated alkanes) is 2. The molecule has 1 aromatic heterocycles. The molecule has 1 atom stereocenters. The van der Waals surface area contributed by atoms with E-state index in [-0.39, 0.29) is 11.2 Å². The second kappa shape index (κ2) is 22.1. The fourth-order valence-corrected chi connectivity index (χ4v) is 4.64. The molecule has 0 bridgehead atoms. The average molecular weight is 599 g/mol. The number of carbonyl (C=O) groups excluding carboxylic acids is 1. The van der Waals surface area contributed by atoms with Crippen LogP contribution < -0.4 is 0 Å². The van der Waals surface area contributed by atoms with Crippen LogP contribution in [0.4, 0.5) is 0 Å². The van der Waals surface area contributed by atoms with Gasteiger partial charge in [-0.1, -0.05) is 159 Å². The molecular formula is C40H74N2O. The predicted octanol–water partition coefficient (Wildman–Crippen LogP) is 13.2. The van der Waals surface area contributed by atoms with Crippen molar-refractivity contribution < 1.29 is 4.79 Å². The molecule has 1 aromatic rings. The lowest BCUT2D eigenvalue weighted by Crippen LogP contribution is -2.16. The summed E-state index contributed by atoms with van der Waals surface area (Å²) < 4.78 is 0. The third-order valence-electron chi connectivity index (χ3n) is 8.56. The lowest BCUT2D eigenvalue weighted by Gasteiger charge is -2.29. The monoisotopic (exact) mass is 599 g/mol. The molecule has 0 amide bonds. The van der Waals surface area contributed by atoms with Gasteiger partial charge in [0.25, 0.3) is 0 Å². The fourth-order valence-electron chi connectivity index (χ4n) is 4.64. The van der Waals surface area contributed by atoms with Crippen LogP contribution in [0.1, 0.15) is 201 Å². The van der Waals surface area contributed by atoms with Crippen molar-refractivity contribution in [3.8, 4) is 0 Å². The van der Waals surface area contributed by atoms with Gasteiger partial charge in [-0.05, 0) is 61.3 Å². The second-order valence-electron chi connectivity index (χ2n) is 16.2. The first-order valence-corrected chi connectivity index (χ1v) is 18.1. The van der Waals surface area contributed by atoms with Gasteiger partial charge in [0.05, 0.1) is 17.6 Å². The Morgan fingerprint density at radius 1 is 0.907 bits per heavy atom. The number of rotatable bonds is 12. The molecule has 0 saturated heterocycles. The van der Waals surface area contributed by atoms with Gasteiger partial charge < -0.3 is 0 Å². The van der Waals surface area contributed by atoms with E-state index in [4.69, 9.17) is 0 Å². The zero-order valence-corrected chi connectivity index (χ0v) is 31.3. The third-order valence-corrected chi connectivity index (χ3v) is 8.56. The molecule has 0 radical (unpaired) electrons. The van der Waals surface area contributed by atoms with Gasteiger partial charge in [0.15, 0.2) is 5.78 Å². The standard InChI is InChI=1S/C26H42N2O.C5H10.C5H12.C4H10/c1-7-11-21(17-22-13-10-14-22)12-8-9-15-25(29)24-18-27-23(20(3)28-24)16-19(2)26(4,5)6;1-5-3-2-4-5;1-5(2,3)4;1-3-4-2/h16,18,21-22H,7-15,17H2,1-6H3;5H,2-4H2,1H3;1-4H3;3-4H2,1-2H3/b19-16+;;;. The highest BCUT2D eigenvalue weighted by atomic mass is 16.1. The number of hydrogen-bond donors (Lipinski definition) is 0. The van der Waals surface area contributed by atoms with E-state index in [1.54, 1.807) is 6.20 Å². The molecule has 3 nitrogen and oxygen atoms in total. The minimum absolute atomic E-state index is 0.108. The number of aryl methyl sites for hydroxylation is 1. The number of hydrogen-bond acceptors (Lipinski definition) is 3. The van der Waals surface area contributed by atoms with E-state index in [0.717, 1.165) is 42.0 Å². The quantitative estimate of drug-likeness (QED) is 0.177. The van der Waals surface area contributed by atoms with E-state index in [9.17, 15) is 4.79 Å². The molecule has 1 heterocycles. The van der Waals surface area contributed by atoms with Gasteiger partial charge in [0.1, 0.15) is 5.69 Å². The van der Waals surface area contributed by atoms with Gasteiger partial charge in [0.2, 0.25) is 0 Å². The molecule has 3 rings (SSSR count). The summed E-state index contributed by atoms with van der Waals surface area (Å²) in [6.07, 6.45) is 23.2. The number of carbonyl (C=O) groups is 1. The van der Waals surface area contributed by atoms with Crippen molar-refractivity contribution in [1.82, 2.24) is 9.97 Å². The summed E-state index contributed by atoms with van der Waals surface area (Å²) in [5, 5.41) is 0. The molecule has 2 fully saturated rings. The molecule has 3 heteroatoms. The maximum Gasteiger partial charge on any atom is 0.182 e. The van der Waals surface area contributed by atoms with Gasteiger partial charge in [-0.15, -0.1) is 0 Å². The minimum atomic E-state index is 0.108. The first-order valence-electron chi connectivity index (χ1n) is 18.1. The molecule has 43 heavy (non-hydrogen) atoms. The largest absolute Gasteiger partial charge is 0.292 e. The number of aromatic nitrogens is 2. The highest BCUT2D eigenvalue weighted by Gasteiger charge is 2.21. The van der Waals surface area contributed by atoms with Crippen LogP contribution >= 0.6 is 0 Å². The highest BCUT2D eigenvalue weighted by molar-refractivity contribution is 5.94. The third kappa shape index (κ3) is 21.8. The lowest BCUT2D eigenvalue weighted by atomic mass is 9.76. The van der Waals surface area contributed by atoms with Crippen molar-refractivity contribution in [3.05, 3.63) is 28.9 Å². The Morgan fingerprint density at radius 2 is 1.44 bits per heavy atom. The maximum atomic E-state index is 12.6. The molecular weight excluding hydrogens is 524 g/mol. The topological polar surface area (TPSA) is 42.9 Å². The van der Waals surface area contributed by atoms with Crippen LogP contribution in [0.2, 0.25) is 0 Å². The molecule has 2 aliphatic carbocycles. The zero-order chi connectivity index (χ0) is 33.1. The normalized spacial score (nSPS) is 16.3. The van der Waals surface area contributed by atoms with E-state index in [0.29, 0.717) is 17.5 Å². The van der Waals surface area contributed by atoms with Crippen LogP contribution in [0.15, 0.2) is 11.8 Å². The zero-order valence-electron chi connectivity index (χ0n) is 31.3. The summed E-state index contributed by atoms with van der Waals surface area (Å²) in [6.45, 7) is 28.4. The fraction of sp³-hybridized carbons (Fsp3) is 0.825. The molecule has 2 aliphatic rings. The van der Waals surface area contributed by atoms with Crippen LogP contribution in [-0.4, -0.2) is 15.8 Å². The Hall–Kier alpha value is -1.51. The Bertz CT molecular complexity index is 886. The summed E-state index contributed by atoms with van der Waals surface area (Å²) in [4.78, 5) is 21.7. The van der Waals surface area contributed by atoms with Crippen molar-refractivity contribution >= 4 is 11.9 Å². The van der Waals surface area contributed by atoms with E-state index < -0.39 is 0 Å². The van der Waals surface area contributed by atoms with E-state index in [1.807, 2.05) is 6.92 Å². The minimum Gasteiger partial charge on any atom is -0.292 e. The number of Topliss-reactive ketones (excluding diaryl/α,β-unsaturated/α-hetero) is 1. The Labute approximate surface area is 269 Å². The Kier molecular flexibility index (Phi) is 21.3. The number of ketones is 1. The molecule has 0 N–H and O–H groups in total. The second-order valence-corrected chi connectivity index (χ2v) is 16.2. The summed E-state index contributed by atoms with van der Waals surface area (Å²) >= 11 is 0.